The first kappa shape index (κ1) is 13.6. The second kappa shape index (κ2) is 5.43. The van der Waals surface area contributed by atoms with Crippen molar-refractivity contribution in [3.8, 4) is 0 Å². The molecule has 2 amide bonds. The van der Waals surface area contributed by atoms with E-state index >= 15 is 0 Å². The van der Waals surface area contributed by atoms with Crippen LogP contribution in [-0.2, 0) is 4.79 Å². The molecule has 19 heavy (non-hydrogen) atoms. The Balaban J connectivity index is 2.49. The molecule has 0 aliphatic carbocycles. The molecule has 1 atom stereocenters. The van der Waals surface area contributed by atoms with Crippen molar-refractivity contribution in [1.82, 2.24) is 5.32 Å². The van der Waals surface area contributed by atoms with E-state index in [-0.39, 0.29) is 11.8 Å². The van der Waals surface area contributed by atoms with Gasteiger partial charge in [0.2, 0.25) is 5.91 Å². The van der Waals surface area contributed by atoms with Crippen molar-refractivity contribution >= 4 is 17.5 Å². The highest BCUT2D eigenvalue weighted by Gasteiger charge is 2.32. The van der Waals surface area contributed by atoms with E-state index in [2.05, 4.69) is 19.2 Å². The number of hydrogen-bond donors (Lipinski definition) is 1. The number of nitrogens with one attached hydrogen (secondary N) is 1. The topological polar surface area (TPSA) is 49.4 Å². The van der Waals surface area contributed by atoms with Crippen LogP contribution in [0.3, 0.4) is 0 Å². The molecule has 0 aromatic heterocycles. The van der Waals surface area contributed by atoms with Gasteiger partial charge < -0.3 is 10.2 Å². The molecule has 4 heteroatoms. The molecule has 1 unspecified atom stereocenters. The van der Waals surface area contributed by atoms with E-state index in [4.69, 9.17) is 0 Å². The normalized spacial score (nSPS) is 19.2. The molecule has 4 nitrogen and oxygen atoms in total. The quantitative estimate of drug-likeness (QED) is 0.905. The van der Waals surface area contributed by atoms with E-state index in [0.29, 0.717) is 24.4 Å². The molecule has 0 saturated carbocycles. The zero-order chi connectivity index (χ0) is 14.0. The van der Waals surface area contributed by atoms with Crippen LogP contribution in [0.2, 0.25) is 0 Å². The van der Waals surface area contributed by atoms with Crippen molar-refractivity contribution in [3.05, 3.63) is 29.8 Å². The molecule has 1 N–H and O–H groups in total. The molecule has 0 saturated heterocycles. The van der Waals surface area contributed by atoms with Gasteiger partial charge in [0.05, 0.1) is 11.3 Å². The number of benzene rings is 1. The number of para-hydroxylation sites is 1. The number of fused-ring (bicyclic) bond motifs is 1. The summed E-state index contributed by atoms with van der Waals surface area (Å²) in [4.78, 5) is 26.4. The minimum Gasteiger partial charge on any atom is -0.340 e. The number of nitrogens with zero attached hydrogens (tertiary/aromatic N) is 1. The molecule has 1 heterocycles. The standard InChI is InChI=1S/C15H20N2O2/c1-4-12-15(19)17(9-10(2)3)13-8-6-5-7-11(13)14(18)16-12/h5-8,10,12H,4,9H2,1-3H3,(H,16,18). The first-order chi connectivity index (χ1) is 9.04. The summed E-state index contributed by atoms with van der Waals surface area (Å²) in [6.45, 7) is 6.67. The maximum atomic E-state index is 12.5. The fourth-order valence-corrected chi connectivity index (χ4v) is 2.34. The van der Waals surface area contributed by atoms with Gasteiger partial charge in [-0.2, -0.15) is 0 Å². The van der Waals surface area contributed by atoms with E-state index in [1.807, 2.05) is 25.1 Å². The number of rotatable bonds is 3. The van der Waals surface area contributed by atoms with Crippen LogP contribution in [-0.4, -0.2) is 24.4 Å². The number of anilines is 1. The lowest BCUT2D eigenvalue weighted by molar-refractivity contribution is -0.120. The van der Waals surface area contributed by atoms with E-state index in [0.717, 1.165) is 5.69 Å². The van der Waals surface area contributed by atoms with E-state index in [9.17, 15) is 9.59 Å². The third-order valence-corrected chi connectivity index (χ3v) is 3.26. The van der Waals surface area contributed by atoms with Gasteiger partial charge in [-0.05, 0) is 24.5 Å². The highest BCUT2D eigenvalue weighted by Crippen LogP contribution is 2.25. The van der Waals surface area contributed by atoms with Crippen LogP contribution in [0.15, 0.2) is 24.3 Å². The lowest BCUT2D eigenvalue weighted by Crippen LogP contribution is -2.46. The Bertz CT molecular complexity index is 497. The number of amides is 2. The molecule has 0 spiro atoms. The smallest absolute Gasteiger partial charge is 0.254 e. The Kier molecular flexibility index (Phi) is 3.88. The number of carbonyl (C=O) groups excluding carboxylic acids is 2. The van der Waals surface area contributed by atoms with Crippen LogP contribution in [0.25, 0.3) is 0 Å². The van der Waals surface area contributed by atoms with Crippen molar-refractivity contribution in [2.24, 2.45) is 5.92 Å². The minimum atomic E-state index is -0.432. The second-order valence-corrected chi connectivity index (χ2v) is 5.29. The van der Waals surface area contributed by atoms with Crippen molar-refractivity contribution in [2.75, 3.05) is 11.4 Å². The van der Waals surface area contributed by atoms with Gasteiger partial charge in [0.25, 0.3) is 5.91 Å². The highest BCUT2D eigenvalue weighted by molar-refractivity contribution is 6.10. The van der Waals surface area contributed by atoms with Gasteiger partial charge in [0.15, 0.2) is 0 Å². The summed E-state index contributed by atoms with van der Waals surface area (Å²) < 4.78 is 0. The third kappa shape index (κ3) is 2.62. The van der Waals surface area contributed by atoms with Crippen LogP contribution in [0.4, 0.5) is 5.69 Å². The molecule has 1 aromatic rings. The molecule has 1 aliphatic rings. The van der Waals surface area contributed by atoms with Crippen molar-refractivity contribution in [3.63, 3.8) is 0 Å². The first-order valence-corrected chi connectivity index (χ1v) is 6.75. The largest absolute Gasteiger partial charge is 0.340 e. The van der Waals surface area contributed by atoms with Crippen LogP contribution in [0, 0.1) is 5.92 Å². The Labute approximate surface area is 113 Å². The molecule has 1 aliphatic heterocycles. The van der Waals surface area contributed by atoms with Gasteiger partial charge in [-0.1, -0.05) is 32.9 Å². The van der Waals surface area contributed by atoms with Crippen molar-refractivity contribution in [1.29, 1.82) is 0 Å². The summed E-state index contributed by atoms with van der Waals surface area (Å²) in [5.74, 6) is 0.166. The fourth-order valence-electron chi connectivity index (χ4n) is 2.34. The van der Waals surface area contributed by atoms with Crippen LogP contribution in [0.1, 0.15) is 37.6 Å². The summed E-state index contributed by atoms with van der Waals surface area (Å²) >= 11 is 0. The predicted molar refractivity (Wildman–Crippen MR) is 75.2 cm³/mol. The zero-order valence-corrected chi connectivity index (χ0v) is 11.6. The lowest BCUT2D eigenvalue weighted by atomic mass is 10.1. The molecule has 102 valence electrons. The van der Waals surface area contributed by atoms with Gasteiger partial charge in [0, 0.05) is 6.54 Å². The highest BCUT2D eigenvalue weighted by atomic mass is 16.2. The predicted octanol–water partition coefficient (Wildman–Crippen LogP) is 2.20. The van der Waals surface area contributed by atoms with Crippen LogP contribution < -0.4 is 10.2 Å². The molecule has 0 bridgehead atoms. The Morgan fingerprint density at radius 2 is 1.95 bits per heavy atom. The molecule has 2 rings (SSSR count). The monoisotopic (exact) mass is 260 g/mol. The summed E-state index contributed by atoms with van der Waals surface area (Å²) in [7, 11) is 0. The van der Waals surface area contributed by atoms with Gasteiger partial charge in [-0.25, -0.2) is 0 Å². The number of carbonyl (C=O) groups is 2. The molecular weight excluding hydrogens is 240 g/mol. The van der Waals surface area contributed by atoms with Gasteiger partial charge in [-0.15, -0.1) is 0 Å². The maximum absolute atomic E-state index is 12.5. The summed E-state index contributed by atoms with van der Waals surface area (Å²) in [6, 6.07) is 6.86. The van der Waals surface area contributed by atoms with Crippen LogP contribution >= 0.6 is 0 Å². The fraction of sp³-hybridized carbons (Fsp3) is 0.467. The van der Waals surface area contributed by atoms with Crippen molar-refractivity contribution < 1.29 is 9.59 Å². The third-order valence-electron chi connectivity index (χ3n) is 3.26. The minimum absolute atomic E-state index is 0.0190. The van der Waals surface area contributed by atoms with E-state index in [1.165, 1.54) is 0 Å². The van der Waals surface area contributed by atoms with E-state index in [1.54, 1.807) is 11.0 Å². The Hall–Kier alpha value is -1.84. The summed E-state index contributed by atoms with van der Waals surface area (Å²) in [6.07, 6.45) is 0.604. The van der Waals surface area contributed by atoms with Gasteiger partial charge in [0.1, 0.15) is 6.04 Å². The molecule has 1 aromatic carbocycles. The Morgan fingerprint density at radius 3 is 2.58 bits per heavy atom. The first-order valence-electron chi connectivity index (χ1n) is 6.75. The average molecular weight is 260 g/mol. The SMILES string of the molecule is CCC1NC(=O)c2ccccc2N(CC(C)C)C1=O. The average Bonchev–Trinajstić information content (AvgIpc) is 2.49. The number of hydrogen-bond acceptors (Lipinski definition) is 2. The van der Waals surface area contributed by atoms with Gasteiger partial charge in [-0.3, -0.25) is 9.59 Å². The lowest BCUT2D eigenvalue weighted by Gasteiger charge is -2.26. The molecular formula is C15H20N2O2. The zero-order valence-electron chi connectivity index (χ0n) is 11.6. The molecule has 0 fully saturated rings. The van der Waals surface area contributed by atoms with E-state index < -0.39 is 6.04 Å². The van der Waals surface area contributed by atoms with Crippen LogP contribution in [0.5, 0.6) is 0 Å². The maximum Gasteiger partial charge on any atom is 0.254 e. The second-order valence-electron chi connectivity index (χ2n) is 5.29. The van der Waals surface area contributed by atoms with Crippen molar-refractivity contribution in [2.45, 2.75) is 33.2 Å². The summed E-state index contributed by atoms with van der Waals surface area (Å²) in [5, 5.41) is 2.81. The van der Waals surface area contributed by atoms with Gasteiger partial charge >= 0.3 is 0 Å². The Morgan fingerprint density at radius 1 is 1.26 bits per heavy atom. The summed E-state index contributed by atoms with van der Waals surface area (Å²) in [5.41, 5.74) is 1.29. The molecule has 0 radical (unpaired) electrons.